The third-order valence-corrected chi connectivity index (χ3v) is 4.66. The van der Waals surface area contributed by atoms with Crippen LogP contribution in [0.15, 0.2) is 47.5 Å². The summed E-state index contributed by atoms with van der Waals surface area (Å²) in [6, 6.07) is 14.4. The molecule has 0 unspecified atom stereocenters. The number of fused-ring (bicyclic) bond motifs is 1. The number of aliphatic imine (C=N–C) groups is 1. The highest BCUT2D eigenvalue weighted by molar-refractivity contribution is 14.0. The van der Waals surface area contributed by atoms with Gasteiger partial charge in [0.15, 0.2) is 17.5 Å². The van der Waals surface area contributed by atoms with Crippen molar-refractivity contribution in [2.24, 2.45) is 4.99 Å². The summed E-state index contributed by atoms with van der Waals surface area (Å²) in [4.78, 5) is 4.30. The van der Waals surface area contributed by atoms with Crippen LogP contribution in [0.5, 0.6) is 11.5 Å². The SMILES string of the molecule is CCOCCOCc1cccc(CNC(=NC)NCCc2ccc3c(c2)OCO3)c1.I. The minimum atomic E-state index is 0. The average molecular weight is 541 g/mol. The molecular formula is C23H32IN3O4. The van der Waals surface area contributed by atoms with E-state index >= 15 is 0 Å². The van der Waals surface area contributed by atoms with E-state index in [4.69, 9.17) is 18.9 Å². The molecule has 2 aromatic carbocycles. The molecule has 1 aliphatic rings. The van der Waals surface area contributed by atoms with Crippen LogP contribution >= 0.6 is 24.0 Å². The molecule has 31 heavy (non-hydrogen) atoms. The van der Waals surface area contributed by atoms with E-state index in [9.17, 15) is 0 Å². The number of benzene rings is 2. The number of nitrogens with zero attached hydrogens (tertiary/aromatic N) is 1. The molecule has 8 heteroatoms. The number of ether oxygens (including phenoxy) is 4. The van der Waals surface area contributed by atoms with Gasteiger partial charge in [-0.1, -0.05) is 30.3 Å². The van der Waals surface area contributed by atoms with Crippen molar-refractivity contribution >= 4 is 29.9 Å². The Morgan fingerprint density at radius 3 is 2.61 bits per heavy atom. The van der Waals surface area contributed by atoms with E-state index < -0.39 is 0 Å². The molecule has 0 aliphatic carbocycles. The lowest BCUT2D eigenvalue weighted by atomic mass is 10.1. The monoisotopic (exact) mass is 541 g/mol. The van der Waals surface area contributed by atoms with Crippen LogP contribution in [0.2, 0.25) is 0 Å². The fraction of sp³-hybridized carbons (Fsp3) is 0.435. The first kappa shape index (κ1) is 25.2. The molecule has 0 spiro atoms. The summed E-state index contributed by atoms with van der Waals surface area (Å²) in [5.41, 5.74) is 3.52. The Bertz CT molecular complexity index is 832. The minimum absolute atomic E-state index is 0. The number of hydrogen-bond acceptors (Lipinski definition) is 5. The standard InChI is InChI=1S/C23H31N3O4.HI/c1-3-27-11-12-28-16-20-6-4-5-19(13-20)15-26-23(24-2)25-10-9-18-7-8-21-22(14-18)30-17-29-21;/h4-8,13-14H,3,9-12,15-17H2,1-2H3,(H2,24,25,26);1H. The predicted molar refractivity (Wildman–Crippen MR) is 132 cm³/mol. The van der Waals surface area contributed by atoms with Gasteiger partial charge in [0.1, 0.15) is 0 Å². The highest BCUT2D eigenvalue weighted by Crippen LogP contribution is 2.32. The first-order valence-corrected chi connectivity index (χ1v) is 10.3. The summed E-state index contributed by atoms with van der Waals surface area (Å²) < 4.78 is 21.7. The second-order valence-electron chi connectivity index (χ2n) is 6.86. The topological polar surface area (TPSA) is 73.3 Å². The van der Waals surface area contributed by atoms with Crippen LogP contribution in [-0.4, -0.2) is 46.2 Å². The van der Waals surface area contributed by atoms with E-state index in [2.05, 4.69) is 39.9 Å². The lowest BCUT2D eigenvalue weighted by molar-refractivity contribution is 0.0453. The lowest BCUT2D eigenvalue weighted by Crippen LogP contribution is -2.37. The molecule has 170 valence electrons. The molecule has 0 saturated carbocycles. The van der Waals surface area contributed by atoms with Gasteiger partial charge in [-0.25, -0.2) is 0 Å². The van der Waals surface area contributed by atoms with Crippen LogP contribution in [-0.2, 0) is 29.0 Å². The number of halogens is 1. The van der Waals surface area contributed by atoms with Gasteiger partial charge < -0.3 is 29.6 Å². The molecule has 2 N–H and O–H groups in total. The molecular weight excluding hydrogens is 509 g/mol. The summed E-state index contributed by atoms with van der Waals surface area (Å²) >= 11 is 0. The number of rotatable bonds is 11. The zero-order chi connectivity index (χ0) is 21.0. The molecule has 0 saturated heterocycles. The normalized spacial score (nSPS) is 12.4. The molecule has 0 bridgehead atoms. The van der Waals surface area contributed by atoms with E-state index in [1.54, 1.807) is 7.05 Å². The van der Waals surface area contributed by atoms with Crippen LogP contribution < -0.4 is 20.1 Å². The van der Waals surface area contributed by atoms with Gasteiger partial charge in [0.25, 0.3) is 0 Å². The maximum Gasteiger partial charge on any atom is 0.231 e. The molecule has 0 radical (unpaired) electrons. The van der Waals surface area contributed by atoms with E-state index in [0.717, 1.165) is 42.6 Å². The van der Waals surface area contributed by atoms with Crippen LogP contribution in [0.4, 0.5) is 0 Å². The van der Waals surface area contributed by atoms with Crippen molar-refractivity contribution in [2.75, 3.05) is 40.2 Å². The van der Waals surface area contributed by atoms with Crippen LogP contribution in [0, 0.1) is 0 Å². The smallest absolute Gasteiger partial charge is 0.231 e. The molecule has 7 nitrogen and oxygen atoms in total. The third-order valence-electron chi connectivity index (χ3n) is 4.66. The van der Waals surface area contributed by atoms with Crippen molar-refractivity contribution in [1.82, 2.24) is 10.6 Å². The van der Waals surface area contributed by atoms with Crippen molar-refractivity contribution in [2.45, 2.75) is 26.5 Å². The van der Waals surface area contributed by atoms with Crippen molar-refractivity contribution in [3.63, 3.8) is 0 Å². The largest absolute Gasteiger partial charge is 0.454 e. The van der Waals surface area contributed by atoms with Crippen molar-refractivity contribution in [3.8, 4) is 11.5 Å². The summed E-state index contributed by atoms with van der Waals surface area (Å²) in [6.07, 6.45) is 0.867. The van der Waals surface area contributed by atoms with Gasteiger partial charge >= 0.3 is 0 Å². The van der Waals surface area contributed by atoms with E-state index in [1.807, 2.05) is 25.1 Å². The molecule has 0 aromatic heterocycles. The zero-order valence-electron chi connectivity index (χ0n) is 18.2. The summed E-state index contributed by atoms with van der Waals surface area (Å²) in [6.45, 7) is 6.29. The number of guanidine groups is 1. The molecule has 2 aromatic rings. The quantitative estimate of drug-likeness (QED) is 0.197. The number of nitrogens with one attached hydrogen (secondary N) is 2. The van der Waals surface area contributed by atoms with Crippen LogP contribution in [0.25, 0.3) is 0 Å². The van der Waals surface area contributed by atoms with Gasteiger partial charge in [0.2, 0.25) is 6.79 Å². The van der Waals surface area contributed by atoms with Gasteiger partial charge in [0.05, 0.1) is 19.8 Å². The average Bonchev–Trinajstić information content (AvgIpc) is 3.24. The van der Waals surface area contributed by atoms with E-state index in [0.29, 0.717) is 33.2 Å². The van der Waals surface area contributed by atoms with Gasteiger partial charge in [0, 0.05) is 26.7 Å². The van der Waals surface area contributed by atoms with Crippen molar-refractivity contribution in [1.29, 1.82) is 0 Å². The zero-order valence-corrected chi connectivity index (χ0v) is 20.5. The van der Waals surface area contributed by atoms with Gasteiger partial charge in [-0.05, 0) is 42.2 Å². The van der Waals surface area contributed by atoms with Crippen LogP contribution in [0.1, 0.15) is 23.6 Å². The molecule has 0 fully saturated rings. The minimum Gasteiger partial charge on any atom is -0.454 e. The highest BCUT2D eigenvalue weighted by Gasteiger charge is 2.12. The van der Waals surface area contributed by atoms with Crippen LogP contribution in [0.3, 0.4) is 0 Å². The summed E-state index contributed by atoms with van der Waals surface area (Å²) in [5.74, 6) is 2.40. The Morgan fingerprint density at radius 2 is 1.77 bits per heavy atom. The van der Waals surface area contributed by atoms with E-state index in [1.165, 1.54) is 11.1 Å². The second kappa shape index (κ2) is 14.1. The first-order valence-electron chi connectivity index (χ1n) is 10.3. The molecule has 1 heterocycles. The highest BCUT2D eigenvalue weighted by atomic mass is 127. The molecule has 0 amide bonds. The Balaban J connectivity index is 0.00000341. The van der Waals surface area contributed by atoms with Gasteiger partial charge in [-0.2, -0.15) is 0 Å². The Kier molecular flexibility index (Phi) is 11.5. The third kappa shape index (κ3) is 8.54. The maximum absolute atomic E-state index is 5.65. The first-order chi connectivity index (χ1) is 14.8. The summed E-state index contributed by atoms with van der Waals surface area (Å²) in [5, 5.41) is 6.71. The Hall–Kier alpha value is -2.04. The van der Waals surface area contributed by atoms with Crippen molar-refractivity contribution in [3.05, 3.63) is 59.2 Å². The predicted octanol–water partition coefficient (Wildman–Crippen LogP) is 3.49. The molecule has 0 atom stereocenters. The van der Waals surface area contributed by atoms with Gasteiger partial charge in [-0.15, -0.1) is 24.0 Å². The van der Waals surface area contributed by atoms with E-state index in [-0.39, 0.29) is 24.0 Å². The maximum atomic E-state index is 5.65. The summed E-state index contributed by atoms with van der Waals surface area (Å²) in [7, 11) is 1.78. The second-order valence-corrected chi connectivity index (χ2v) is 6.86. The fourth-order valence-electron chi connectivity index (χ4n) is 3.11. The molecule has 1 aliphatic heterocycles. The molecule has 3 rings (SSSR count). The fourth-order valence-corrected chi connectivity index (χ4v) is 3.11. The lowest BCUT2D eigenvalue weighted by Gasteiger charge is -2.13. The van der Waals surface area contributed by atoms with Gasteiger partial charge in [-0.3, -0.25) is 4.99 Å². The van der Waals surface area contributed by atoms with Crippen molar-refractivity contribution < 1.29 is 18.9 Å². The Morgan fingerprint density at radius 1 is 0.968 bits per heavy atom. The number of hydrogen-bond donors (Lipinski definition) is 2. The Labute approximate surface area is 201 Å².